The maximum Gasteiger partial charge on any atom is 0.227 e. The van der Waals surface area contributed by atoms with Crippen molar-refractivity contribution in [3.05, 3.63) is 133 Å². The summed E-state index contributed by atoms with van der Waals surface area (Å²) in [4.78, 5) is 20.0. The molecule has 0 aliphatic carbocycles. The molecule has 4 heterocycles. The number of aromatic nitrogens is 4. The van der Waals surface area contributed by atoms with Gasteiger partial charge in [0.2, 0.25) is 5.89 Å². The number of para-hydroxylation sites is 2. The summed E-state index contributed by atoms with van der Waals surface area (Å²) >= 11 is 3.56. The summed E-state index contributed by atoms with van der Waals surface area (Å²) in [7, 11) is 0. The van der Waals surface area contributed by atoms with E-state index in [0.717, 1.165) is 48.8 Å². The van der Waals surface area contributed by atoms with E-state index >= 15 is 0 Å². The van der Waals surface area contributed by atoms with Crippen LogP contribution in [0.4, 0.5) is 0 Å². The van der Waals surface area contributed by atoms with E-state index in [0.29, 0.717) is 23.4 Å². The molecular formula is C40H22N4OS2. The third-order valence-electron chi connectivity index (χ3n) is 8.58. The summed E-state index contributed by atoms with van der Waals surface area (Å²) in [6.45, 7) is 0. The molecule has 220 valence electrons. The molecular weight excluding hydrogens is 617 g/mol. The molecule has 0 amide bonds. The number of benzene rings is 6. The van der Waals surface area contributed by atoms with E-state index < -0.39 is 0 Å². The fourth-order valence-corrected chi connectivity index (χ4v) is 8.59. The molecule has 6 aromatic carbocycles. The topological polar surface area (TPSA) is 64.7 Å². The number of nitrogens with zero attached hydrogens (tertiary/aromatic N) is 4. The van der Waals surface area contributed by atoms with Crippen LogP contribution in [0.3, 0.4) is 0 Å². The molecule has 0 saturated heterocycles. The third kappa shape index (κ3) is 4.35. The third-order valence-corrected chi connectivity index (χ3v) is 11.0. The molecule has 0 aliphatic heterocycles. The molecule has 47 heavy (non-hydrogen) atoms. The SMILES string of the molecule is c1ccc(-c2nc(-c3ccc4sc5ccccc5c4c3)nc(-c3cccc4c3sc3ccc(-c5nc6ccccc6o5)cc34)n2)cc1. The number of oxazole rings is 1. The van der Waals surface area contributed by atoms with Crippen molar-refractivity contribution in [1.29, 1.82) is 0 Å². The highest BCUT2D eigenvalue weighted by molar-refractivity contribution is 7.26. The monoisotopic (exact) mass is 638 g/mol. The van der Waals surface area contributed by atoms with Crippen LogP contribution in [0.15, 0.2) is 138 Å². The van der Waals surface area contributed by atoms with Gasteiger partial charge < -0.3 is 4.42 Å². The number of fused-ring (bicyclic) bond motifs is 7. The number of thiophene rings is 2. The molecule has 10 rings (SSSR count). The zero-order chi connectivity index (χ0) is 30.9. The van der Waals surface area contributed by atoms with Crippen LogP contribution in [0, 0.1) is 0 Å². The maximum atomic E-state index is 6.11. The normalized spacial score (nSPS) is 11.8. The van der Waals surface area contributed by atoms with Gasteiger partial charge in [0.1, 0.15) is 5.52 Å². The van der Waals surface area contributed by atoms with Gasteiger partial charge in [-0.1, -0.05) is 72.8 Å². The number of hydrogen-bond donors (Lipinski definition) is 0. The number of hydrogen-bond acceptors (Lipinski definition) is 7. The van der Waals surface area contributed by atoms with Crippen molar-refractivity contribution in [3.63, 3.8) is 0 Å². The van der Waals surface area contributed by atoms with Crippen LogP contribution in [0.2, 0.25) is 0 Å². The van der Waals surface area contributed by atoms with Crippen LogP contribution in [0.25, 0.3) is 97.1 Å². The van der Waals surface area contributed by atoms with Crippen molar-refractivity contribution in [2.75, 3.05) is 0 Å². The van der Waals surface area contributed by atoms with Crippen LogP contribution < -0.4 is 0 Å². The molecule has 0 aliphatic rings. The molecule has 0 radical (unpaired) electrons. The number of rotatable bonds is 4. The highest BCUT2D eigenvalue weighted by Gasteiger charge is 2.18. The van der Waals surface area contributed by atoms with Gasteiger partial charge in [-0.2, -0.15) is 0 Å². The zero-order valence-corrected chi connectivity index (χ0v) is 26.3. The molecule has 0 unspecified atom stereocenters. The van der Waals surface area contributed by atoms with Crippen LogP contribution in [0.5, 0.6) is 0 Å². The molecule has 0 fully saturated rings. The van der Waals surface area contributed by atoms with Gasteiger partial charge in [-0.25, -0.2) is 19.9 Å². The van der Waals surface area contributed by atoms with E-state index in [1.54, 1.807) is 11.3 Å². The first-order valence-corrected chi connectivity index (χ1v) is 16.9. The lowest BCUT2D eigenvalue weighted by molar-refractivity contribution is 0.620. The first-order valence-electron chi connectivity index (χ1n) is 15.3. The minimum atomic E-state index is 0.619. The molecule has 10 aromatic rings. The lowest BCUT2D eigenvalue weighted by atomic mass is 10.1. The zero-order valence-electron chi connectivity index (χ0n) is 24.7. The Bertz CT molecular complexity index is 2780. The Labute approximate surface area is 276 Å². The minimum Gasteiger partial charge on any atom is -0.436 e. The van der Waals surface area contributed by atoms with Crippen LogP contribution in [-0.4, -0.2) is 19.9 Å². The lowest BCUT2D eigenvalue weighted by Gasteiger charge is -2.09. The van der Waals surface area contributed by atoms with Crippen LogP contribution in [-0.2, 0) is 0 Å². The van der Waals surface area contributed by atoms with Crippen LogP contribution >= 0.6 is 22.7 Å². The van der Waals surface area contributed by atoms with Gasteiger partial charge in [0.05, 0.1) is 0 Å². The van der Waals surface area contributed by atoms with E-state index in [1.165, 1.54) is 24.9 Å². The molecule has 0 bridgehead atoms. The summed E-state index contributed by atoms with van der Waals surface area (Å²) in [6, 6.07) is 45.9. The summed E-state index contributed by atoms with van der Waals surface area (Å²) in [5, 5.41) is 4.76. The van der Waals surface area contributed by atoms with Gasteiger partial charge in [0.25, 0.3) is 0 Å². The molecule has 0 saturated carbocycles. The quantitative estimate of drug-likeness (QED) is 0.192. The van der Waals surface area contributed by atoms with Crippen molar-refractivity contribution >= 4 is 74.1 Å². The van der Waals surface area contributed by atoms with Gasteiger partial charge in [0, 0.05) is 62.6 Å². The largest absolute Gasteiger partial charge is 0.436 e. The second-order valence-electron chi connectivity index (χ2n) is 11.5. The van der Waals surface area contributed by atoms with E-state index in [-0.39, 0.29) is 0 Å². The second-order valence-corrected chi connectivity index (χ2v) is 13.6. The molecule has 0 atom stereocenters. The van der Waals surface area contributed by atoms with Crippen molar-refractivity contribution in [3.8, 4) is 45.6 Å². The smallest absolute Gasteiger partial charge is 0.227 e. The summed E-state index contributed by atoms with van der Waals surface area (Å²) in [5.74, 6) is 2.58. The maximum absolute atomic E-state index is 6.11. The second kappa shape index (κ2) is 10.4. The fraction of sp³-hybridized carbons (Fsp3) is 0. The summed E-state index contributed by atoms with van der Waals surface area (Å²) < 4.78 is 10.9. The Hall–Kier alpha value is -5.76. The Balaban J connectivity index is 1.16. The molecule has 5 nitrogen and oxygen atoms in total. The van der Waals surface area contributed by atoms with Crippen molar-refractivity contribution in [1.82, 2.24) is 19.9 Å². The van der Waals surface area contributed by atoms with Crippen molar-refractivity contribution in [2.45, 2.75) is 0 Å². The van der Waals surface area contributed by atoms with Gasteiger partial charge in [-0.15, -0.1) is 22.7 Å². The van der Waals surface area contributed by atoms with Gasteiger partial charge in [-0.05, 0) is 60.7 Å². The predicted octanol–water partition coefficient (Wildman–Crippen LogP) is 11.4. The molecule has 4 aromatic heterocycles. The first-order chi connectivity index (χ1) is 23.2. The highest BCUT2D eigenvalue weighted by Crippen LogP contribution is 2.42. The van der Waals surface area contributed by atoms with Crippen LogP contribution in [0.1, 0.15) is 0 Å². The molecule has 7 heteroatoms. The van der Waals surface area contributed by atoms with Gasteiger partial charge in [-0.3, -0.25) is 0 Å². The van der Waals surface area contributed by atoms with Gasteiger partial charge in [0.15, 0.2) is 23.1 Å². The van der Waals surface area contributed by atoms with E-state index in [4.69, 9.17) is 24.4 Å². The Morgan fingerprint density at radius 2 is 1.09 bits per heavy atom. The highest BCUT2D eigenvalue weighted by atomic mass is 32.1. The van der Waals surface area contributed by atoms with E-state index in [1.807, 2.05) is 65.9 Å². The molecule has 0 spiro atoms. The van der Waals surface area contributed by atoms with Crippen molar-refractivity contribution < 1.29 is 4.42 Å². The van der Waals surface area contributed by atoms with Crippen molar-refractivity contribution in [2.24, 2.45) is 0 Å². The average Bonchev–Trinajstić information content (AvgIpc) is 3.84. The fourth-order valence-electron chi connectivity index (χ4n) is 6.31. The Morgan fingerprint density at radius 3 is 1.98 bits per heavy atom. The lowest BCUT2D eigenvalue weighted by Crippen LogP contribution is -2.00. The van der Waals surface area contributed by atoms with E-state index in [9.17, 15) is 0 Å². The molecule has 0 N–H and O–H groups in total. The average molecular weight is 639 g/mol. The predicted molar refractivity (Wildman–Crippen MR) is 195 cm³/mol. The summed E-state index contributed by atoms with van der Waals surface area (Å²) in [5.41, 5.74) is 5.48. The first kappa shape index (κ1) is 26.5. The summed E-state index contributed by atoms with van der Waals surface area (Å²) in [6.07, 6.45) is 0. The minimum absolute atomic E-state index is 0.619. The Morgan fingerprint density at radius 1 is 0.426 bits per heavy atom. The standard InChI is InChI=1S/C40H22N4OS2/c1-2-9-23(10-3-1)37-42-38(24-17-19-34-29(21-24)26-11-4-7-16-33(26)46-34)44-39(43-37)28-13-8-12-27-30-22-25(18-20-35(30)47-36(27)28)40-41-31-14-5-6-15-32(31)45-40/h1-22H. The Kier molecular flexibility index (Phi) is 5.85. The van der Waals surface area contributed by atoms with E-state index in [2.05, 4.69) is 78.9 Å². The van der Waals surface area contributed by atoms with Gasteiger partial charge >= 0.3 is 0 Å².